The molecule has 0 aliphatic rings. The molecule has 0 saturated heterocycles. The van der Waals surface area contributed by atoms with Crippen molar-refractivity contribution in [1.82, 2.24) is 5.32 Å². The molecule has 1 N–H and O–H groups in total. The predicted octanol–water partition coefficient (Wildman–Crippen LogP) is 3.74. The summed E-state index contributed by atoms with van der Waals surface area (Å²) in [5.41, 5.74) is 0.386. The summed E-state index contributed by atoms with van der Waals surface area (Å²) < 4.78 is 0. The standard InChI is InChI=1S/C11H12Cl3NO/c1-7(12)5-6-15-11(16)8-3-2-4-9(13)10(8)14/h2-4,7H,5-6H2,1H3,(H,15,16). The van der Waals surface area contributed by atoms with Crippen LogP contribution in [-0.2, 0) is 0 Å². The van der Waals surface area contributed by atoms with Crippen molar-refractivity contribution in [2.45, 2.75) is 18.7 Å². The zero-order chi connectivity index (χ0) is 12.1. The predicted molar refractivity (Wildman–Crippen MR) is 68.7 cm³/mol. The van der Waals surface area contributed by atoms with Gasteiger partial charge in [-0.3, -0.25) is 4.79 Å². The lowest BCUT2D eigenvalue weighted by molar-refractivity contribution is 0.0953. The maximum Gasteiger partial charge on any atom is 0.252 e. The van der Waals surface area contributed by atoms with Gasteiger partial charge in [0, 0.05) is 11.9 Å². The van der Waals surface area contributed by atoms with Gasteiger partial charge < -0.3 is 5.32 Å². The molecular weight excluding hydrogens is 268 g/mol. The van der Waals surface area contributed by atoms with Crippen LogP contribution in [0.25, 0.3) is 0 Å². The fourth-order valence-electron chi connectivity index (χ4n) is 1.16. The lowest BCUT2D eigenvalue weighted by Crippen LogP contribution is -2.26. The molecule has 2 nitrogen and oxygen atoms in total. The smallest absolute Gasteiger partial charge is 0.252 e. The van der Waals surface area contributed by atoms with Crippen LogP contribution in [0, 0.1) is 0 Å². The van der Waals surface area contributed by atoms with Gasteiger partial charge in [0.1, 0.15) is 0 Å². The van der Waals surface area contributed by atoms with Crippen molar-refractivity contribution in [2.24, 2.45) is 0 Å². The topological polar surface area (TPSA) is 29.1 Å². The van der Waals surface area contributed by atoms with E-state index >= 15 is 0 Å². The number of amides is 1. The maximum absolute atomic E-state index is 11.7. The molecule has 1 rings (SSSR count). The van der Waals surface area contributed by atoms with Crippen LogP contribution in [0.5, 0.6) is 0 Å². The van der Waals surface area contributed by atoms with Gasteiger partial charge in [-0.05, 0) is 25.5 Å². The maximum atomic E-state index is 11.7. The van der Waals surface area contributed by atoms with Crippen LogP contribution in [0.1, 0.15) is 23.7 Å². The van der Waals surface area contributed by atoms with Gasteiger partial charge in [-0.25, -0.2) is 0 Å². The Bertz CT molecular complexity index is 379. The van der Waals surface area contributed by atoms with Crippen molar-refractivity contribution in [3.05, 3.63) is 33.8 Å². The monoisotopic (exact) mass is 279 g/mol. The van der Waals surface area contributed by atoms with Crippen LogP contribution in [0.15, 0.2) is 18.2 Å². The second kappa shape index (κ2) is 6.33. The molecule has 0 fully saturated rings. The van der Waals surface area contributed by atoms with Crippen molar-refractivity contribution < 1.29 is 4.79 Å². The third-order valence-corrected chi connectivity index (χ3v) is 3.06. The molecule has 1 amide bonds. The molecule has 0 heterocycles. The van der Waals surface area contributed by atoms with Gasteiger partial charge in [0.15, 0.2) is 0 Å². The number of halogens is 3. The second-order valence-electron chi connectivity index (χ2n) is 3.43. The quantitative estimate of drug-likeness (QED) is 0.836. The summed E-state index contributed by atoms with van der Waals surface area (Å²) in [6.07, 6.45) is 0.714. The molecule has 1 atom stereocenters. The number of rotatable bonds is 4. The number of hydrogen-bond acceptors (Lipinski definition) is 1. The summed E-state index contributed by atoms with van der Waals surface area (Å²) >= 11 is 17.5. The molecule has 1 aromatic carbocycles. The molecule has 5 heteroatoms. The van der Waals surface area contributed by atoms with E-state index in [9.17, 15) is 4.79 Å². The van der Waals surface area contributed by atoms with Gasteiger partial charge in [0.2, 0.25) is 0 Å². The van der Waals surface area contributed by atoms with E-state index in [1.807, 2.05) is 6.92 Å². The minimum absolute atomic E-state index is 0.0372. The highest BCUT2D eigenvalue weighted by molar-refractivity contribution is 6.43. The van der Waals surface area contributed by atoms with E-state index in [1.54, 1.807) is 18.2 Å². The van der Waals surface area contributed by atoms with Crippen molar-refractivity contribution >= 4 is 40.7 Å². The lowest BCUT2D eigenvalue weighted by atomic mass is 10.2. The molecule has 0 aliphatic heterocycles. The first-order valence-corrected chi connectivity index (χ1v) is 6.08. The van der Waals surface area contributed by atoms with Crippen LogP contribution in [-0.4, -0.2) is 17.8 Å². The van der Waals surface area contributed by atoms with Gasteiger partial charge in [-0.15, -0.1) is 11.6 Å². The largest absolute Gasteiger partial charge is 0.352 e. The van der Waals surface area contributed by atoms with Crippen molar-refractivity contribution in [1.29, 1.82) is 0 Å². The molecule has 1 unspecified atom stereocenters. The molecule has 0 aromatic heterocycles. The summed E-state index contributed by atoms with van der Waals surface area (Å²) in [6.45, 7) is 2.40. The highest BCUT2D eigenvalue weighted by Gasteiger charge is 2.11. The van der Waals surface area contributed by atoms with Crippen LogP contribution < -0.4 is 5.32 Å². The Balaban J connectivity index is 2.63. The van der Waals surface area contributed by atoms with Crippen molar-refractivity contribution in [3.8, 4) is 0 Å². The van der Waals surface area contributed by atoms with E-state index < -0.39 is 0 Å². The molecule has 0 aliphatic carbocycles. The molecule has 0 spiro atoms. The number of carbonyl (C=O) groups excluding carboxylic acids is 1. The Morgan fingerprint density at radius 2 is 2.12 bits per heavy atom. The van der Waals surface area contributed by atoms with Gasteiger partial charge >= 0.3 is 0 Å². The van der Waals surface area contributed by atoms with Gasteiger partial charge in [-0.2, -0.15) is 0 Å². The minimum atomic E-state index is -0.232. The minimum Gasteiger partial charge on any atom is -0.352 e. The molecule has 0 saturated carbocycles. The van der Waals surface area contributed by atoms with E-state index in [4.69, 9.17) is 34.8 Å². The Labute approximate surface area is 110 Å². The lowest BCUT2D eigenvalue weighted by Gasteiger charge is -2.08. The highest BCUT2D eigenvalue weighted by Crippen LogP contribution is 2.25. The first-order valence-electron chi connectivity index (χ1n) is 4.88. The number of nitrogens with one attached hydrogen (secondary N) is 1. The Kier molecular flexibility index (Phi) is 5.39. The number of carbonyl (C=O) groups is 1. The fourth-order valence-corrected chi connectivity index (χ4v) is 1.65. The summed E-state index contributed by atoms with van der Waals surface area (Å²) in [5.74, 6) is -0.232. The Morgan fingerprint density at radius 1 is 1.44 bits per heavy atom. The molecule has 1 aromatic rings. The molecule has 0 bridgehead atoms. The summed E-state index contributed by atoms with van der Waals surface area (Å²) in [7, 11) is 0. The molecule has 16 heavy (non-hydrogen) atoms. The van der Waals surface area contributed by atoms with Crippen LogP contribution >= 0.6 is 34.8 Å². The van der Waals surface area contributed by atoms with Crippen molar-refractivity contribution in [2.75, 3.05) is 6.54 Å². The first-order chi connectivity index (χ1) is 7.52. The molecule has 88 valence electrons. The Morgan fingerprint density at radius 3 is 2.75 bits per heavy atom. The molecule has 0 radical (unpaired) electrons. The average Bonchev–Trinajstić information content (AvgIpc) is 2.21. The Hall–Kier alpha value is -0.440. The van der Waals surface area contributed by atoms with E-state index in [-0.39, 0.29) is 16.3 Å². The number of hydrogen-bond donors (Lipinski definition) is 1. The zero-order valence-corrected chi connectivity index (χ0v) is 11.0. The van der Waals surface area contributed by atoms with Crippen LogP contribution in [0.4, 0.5) is 0 Å². The van der Waals surface area contributed by atoms with Gasteiger partial charge in [-0.1, -0.05) is 29.3 Å². The third-order valence-electron chi connectivity index (χ3n) is 2.02. The number of alkyl halides is 1. The first kappa shape index (κ1) is 13.6. The van der Waals surface area contributed by atoms with Gasteiger partial charge in [0.25, 0.3) is 5.91 Å². The highest BCUT2D eigenvalue weighted by atomic mass is 35.5. The molecular formula is C11H12Cl3NO. The van der Waals surface area contributed by atoms with E-state index in [0.717, 1.165) is 0 Å². The summed E-state index contributed by atoms with van der Waals surface area (Å²) in [5, 5.41) is 3.42. The third kappa shape index (κ3) is 3.85. The average molecular weight is 281 g/mol. The normalized spacial score (nSPS) is 12.2. The van der Waals surface area contributed by atoms with E-state index in [2.05, 4.69) is 5.32 Å². The zero-order valence-electron chi connectivity index (χ0n) is 8.77. The number of benzene rings is 1. The van der Waals surface area contributed by atoms with Crippen LogP contribution in [0.2, 0.25) is 10.0 Å². The fraction of sp³-hybridized carbons (Fsp3) is 0.364. The summed E-state index contributed by atoms with van der Waals surface area (Å²) in [4.78, 5) is 11.7. The van der Waals surface area contributed by atoms with E-state index in [0.29, 0.717) is 23.6 Å². The van der Waals surface area contributed by atoms with E-state index in [1.165, 1.54) is 0 Å². The van der Waals surface area contributed by atoms with Gasteiger partial charge in [0.05, 0.1) is 15.6 Å². The van der Waals surface area contributed by atoms with Crippen LogP contribution in [0.3, 0.4) is 0 Å². The van der Waals surface area contributed by atoms with Crippen molar-refractivity contribution in [3.63, 3.8) is 0 Å². The SMILES string of the molecule is CC(Cl)CCNC(=O)c1cccc(Cl)c1Cl. The summed E-state index contributed by atoms with van der Waals surface area (Å²) in [6, 6.07) is 4.96. The second-order valence-corrected chi connectivity index (χ2v) is 4.96.